The van der Waals surface area contributed by atoms with Crippen LogP contribution in [0.1, 0.15) is 19.4 Å². The average Bonchev–Trinajstić information content (AvgIpc) is 2.62. The van der Waals surface area contributed by atoms with Crippen LogP contribution in [0, 0.1) is 11.7 Å². The molecule has 0 N–H and O–H groups in total. The Bertz CT molecular complexity index is 934. The summed E-state index contributed by atoms with van der Waals surface area (Å²) in [4.78, 5) is 16.5. The van der Waals surface area contributed by atoms with Crippen LogP contribution in [-0.4, -0.2) is 17.9 Å². The first-order valence-corrected chi connectivity index (χ1v) is 8.25. The van der Waals surface area contributed by atoms with Crippen molar-refractivity contribution in [3.05, 3.63) is 59.9 Å². The van der Waals surface area contributed by atoms with Crippen molar-refractivity contribution in [2.45, 2.75) is 20.3 Å². The molecule has 3 nitrogen and oxygen atoms in total. The van der Waals surface area contributed by atoms with Crippen LogP contribution in [0.4, 0.5) is 4.39 Å². The number of fused-ring (bicyclic) bond motifs is 1. The Hall–Kier alpha value is -2.75. The second-order valence-corrected chi connectivity index (χ2v) is 6.34. The summed E-state index contributed by atoms with van der Waals surface area (Å²) in [6.07, 6.45) is 0.292. The second-order valence-electron chi connectivity index (χ2n) is 6.34. The van der Waals surface area contributed by atoms with Crippen LogP contribution in [0.5, 0.6) is 5.88 Å². The SMILES string of the molecule is COc1nc(-c2ccc3cccc(F)c3c2)ccc1CC(=O)C(C)C. The molecule has 0 unspecified atom stereocenters. The van der Waals surface area contributed by atoms with Gasteiger partial charge in [0.05, 0.1) is 12.8 Å². The van der Waals surface area contributed by atoms with E-state index in [2.05, 4.69) is 4.98 Å². The molecule has 3 aromatic rings. The molecule has 1 heterocycles. The number of ether oxygens (including phenoxy) is 1. The van der Waals surface area contributed by atoms with E-state index in [0.29, 0.717) is 23.4 Å². The predicted molar refractivity (Wildman–Crippen MR) is 97.2 cm³/mol. The molecule has 0 fully saturated rings. The van der Waals surface area contributed by atoms with E-state index in [9.17, 15) is 9.18 Å². The van der Waals surface area contributed by atoms with Crippen LogP contribution >= 0.6 is 0 Å². The molecule has 4 heteroatoms. The van der Waals surface area contributed by atoms with Crippen molar-refractivity contribution in [1.29, 1.82) is 0 Å². The largest absolute Gasteiger partial charge is 0.481 e. The Balaban J connectivity index is 2.00. The molecule has 0 aliphatic carbocycles. The summed E-state index contributed by atoms with van der Waals surface area (Å²) in [5.74, 6) is 0.277. The lowest BCUT2D eigenvalue weighted by Crippen LogP contribution is -2.11. The first-order valence-electron chi connectivity index (χ1n) is 8.25. The van der Waals surface area contributed by atoms with Crippen molar-refractivity contribution in [1.82, 2.24) is 4.98 Å². The van der Waals surface area contributed by atoms with E-state index in [1.165, 1.54) is 13.2 Å². The Labute approximate surface area is 146 Å². The number of Topliss-reactive ketones (excluding diaryl/α,β-unsaturated/α-hetero) is 1. The lowest BCUT2D eigenvalue weighted by atomic mass is 10.0. The number of hydrogen-bond donors (Lipinski definition) is 0. The van der Waals surface area contributed by atoms with Gasteiger partial charge in [0.1, 0.15) is 11.6 Å². The molecule has 0 radical (unpaired) electrons. The molecule has 128 valence electrons. The molecule has 0 atom stereocenters. The van der Waals surface area contributed by atoms with Crippen LogP contribution in [0.3, 0.4) is 0 Å². The van der Waals surface area contributed by atoms with Gasteiger partial charge < -0.3 is 4.74 Å². The molecular formula is C21H20FNO2. The Morgan fingerprint density at radius 3 is 2.68 bits per heavy atom. The Morgan fingerprint density at radius 2 is 1.96 bits per heavy atom. The quantitative estimate of drug-likeness (QED) is 0.670. The molecule has 3 rings (SSSR count). The summed E-state index contributed by atoms with van der Waals surface area (Å²) >= 11 is 0. The van der Waals surface area contributed by atoms with Crippen LogP contribution < -0.4 is 4.74 Å². The van der Waals surface area contributed by atoms with Gasteiger partial charge in [-0.25, -0.2) is 9.37 Å². The number of carbonyl (C=O) groups is 1. The molecule has 1 aromatic heterocycles. The zero-order chi connectivity index (χ0) is 18.0. The van der Waals surface area contributed by atoms with Gasteiger partial charge in [0.2, 0.25) is 5.88 Å². The topological polar surface area (TPSA) is 39.2 Å². The number of nitrogens with zero attached hydrogens (tertiary/aromatic N) is 1. The fraction of sp³-hybridized carbons (Fsp3) is 0.238. The van der Waals surface area contributed by atoms with Gasteiger partial charge >= 0.3 is 0 Å². The number of halogens is 1. The third kappa shape index (κ3) is 3.53. The molecule has 0 spiro atoms. The van der Waals surface area contributed by atoms with Gasteiger partial charge in [0.15, 0.2) is 0 Å². The van der Waals surface area contributed by atoms with Gasteiger partial charge in [-0.15, -0.1) is 0 Å². The highest BCUT2D eigenvalue weighted by Crippen LogP contribution is 2.28. The maximum absolute atomic E-state index is 14.0. The standard InChI is InChI=1S/C21H20FNO2/c1-13(2)20(24)12-16-9-10-19(23-21(16)25-3)15-8-7-14-5-4-6-18(22)17(14)11-15/h4-11,13H,12H2,1-3H3. The second kappa shape index (κ2) is 7.01. The molecule has 25 heavy (non-hydrogen) atoms. The third-order valence-electron chi connectivity index (χ3n) is 4.27. The lowest BCUT2D eigenvalue weighted by Gasteiger charge is -2.11. The van der Waals surface area contributed by atoms with E-state index in [-0.39, 0.29) is 17.5 Å². The fourth-order valence-electron chi connectivity index (χ4n) is 2.73. The van der Waals surface area contributed by atoms with E-state index in [0.717, 1.165) is 16.5 Å². The van der Waals surface area contributed by atoms with Gasteiger partial charge in [-0.1, -0.05) is 44.2 Å². The highest BCUT2D eigenvalue weighted by atomic mass is 19.1. The maximum atomic E-state index is 14.0. The van der Waals surface area contributed by atoms with Crippen molar-refractivity contribution in [3.63, 3.8) is 0 Å². The van der Waals surface area contributed by atoms with E-state index in [1.54, 1.807) is 12.1 Å². The molecular weight excluding hydrogens is 317 g/mol. The van der Waals surface area contributed by atoms with Gasteiger partial charge in [0.25, 0.3) is 0 Å². The molecule has 0 aliphatic heterocycles. The smallest absolute Gasteiger partial charge is 0.217 e. The predicted octanol–water partition coefficient (Wildman–Crippen LogP) is 4.82. The van der Waals surface area contributed by atoms with Crippen molar-refractivity contribution in [2.24, 2.45) is 5.92 Å². The molecule has 0 saturated heterocycles. The summed E-state index contributed by atoms with van der Waals surface area (Å²) in [6, 6.07) is 14.3. The maximum Gasteiger partial charge on any atom is 0.217 e. The molecule has 0 aliphatic rings. The van der Waals surface area contributed by atoms with Gasteiger partial charge in [-0.3, -0.25) is 4.79 Å². The van der Waals surface area contributed by atoms with Gasteiger partial charge in [-0.2, -0.15) is 0 Å². The average molecular weight is 337 g/mol. The number of methoxy groups -OCH3 is 1. The highest BCUT2D eigenvalue weighted by molar-refractivity contribution is 5.87. The minimum absolute atomic E-state index is 0.0344. The van der Waals surface area contributed by atoms with Crippen LogP contribution in [0.15, 0.2) is 48.5 Å². The van der Waals surface area contributed by atoms with Crippen LogP contribution in [0.2, 0.25) is 0 Å². The van der Waals surface area contributed by atoms with Crippen molar-refractivity contribution >= 4 is 16.6 Å². The zero-order valence-electron chi connectivity index (χ0n) is 14.5. The van der Waals surface area contributed by atoms with E-state index < -0.39 is 0 Å². The number of rotatable bonds is 5. The highest BCUT2D eigenvalue weighted by Gasteiger charge is 2.14. The van der Waals surface area contributed by atoms with Crippen molar-refractivity contribution in [2.75, 3.05) is 7.11 Å². The normalized spacial score (nSPS) is 11.1. The third-order valence-corrected chi connectivity index (χ3v) is 4.27. The lowest BCUT2D eigenvalue weighted by molar-refractivity contribution is -0.121. The minimum atomic E-state index is -0.259. The summed E-state index contributed by atoms with van der Waals surface area (Å²) in [5.41, 5.74) is 2.25. The molecule has 0 saturated carbocycles. The van der Waals surface area contributed by atoms with Crippen LogP contribution in [-0.2, 0) is 11.2 Å². The van der Waals surface area contributed by atoms with E-state index in [1.807, 2.05) is 44.2 Å². The number of hydrogen-bond acceptors (Lipinski definition) is 3. The van der Waals surface area contributed by atoms with E-state index in [4.69, 9.17) is 4.74 Å². The molecule has 0 bridgehead atoms. The molecule has 2 aromatic carbocycles. The number of carbonyl (C=O) groups excluding carboxylic acids is 1. The number of pyridine rings is 1. The first kappa shape index (κ1) is 17.1. The first-order chi connectivity index (χ1) is 12.0. The fourth-order valence-corrected chi connectivity index (χ4v) is 2.73. The van der Waals surface area contributed by atoms with E-state index >= 15 is 0 Å². The number of aromatic nitrogens is 1. The van der Waals surface area contributed by atoms with Crippen LogP contribution in [0.25, 0.3) is 22.0 Å². The number of benzene rings is 2. The summed E-state index contributed by atoms with van der Waals surface area (Å²) in [5, 5.41) is 1.40. The van der Waals surface area contributed by atoms with Gasteiger partial charge in [-0.05, 0) is 23.6 Å². The summed E-state index contributed by atoms with van der Waals surface area (Å²) in [6.45, 7) is 3.75. The monoisotopic (exact) mass is 337 g/mol. The van der Waals surface area contributed by atoms with Gasteiger partial charge in [0, 0.05) is 28.9 Å². The van der Waals surface area contributed by atoms with Crippen molar-refractivity contribution in [3.8, 4) is 17.1 Å². The molecule has 0 amide bonds. The Morgan fingerprint density at radius 1 is 1.16 bits per heavy atom. The number of ketones is 1. The Kier molecular flexibility index (Phi) is 4.79. The summed E-state index contributed by atoms with van der Waals surface area (Å²) < 4.78 is 19.4. The minimum Gasteiger partial charge on any atom is -0.481 e. The van der Waals surface area contributed by atoms with Crippen molar-refractivity contribution < 1.29 is 13.9 Å². The zero-order valence-corrected chi connectivity index (χ0v) is 14.5. The summed E-state index contributed by atoms with van der Waals surface area (Å²) in [7, 11) is 1.54.